The van der Waals surface area contributed by atoms with Gasteiger partial charge in [0.1, 0.15) is 12.1 Å². The molecule has 0 atom stereocenters. The van der Waals surface area contributed by atoms with E-state index in [9.17, 15) is 9.18 Å². The van der Waals surface area contributed by atoms with Crippen molar-refractivity contribution in [2.75, 3.05) is 0 Å². The van der Waals surface area contributed by atoms with Gasteiger partial charge in [0, 0.05) is 23.3 Å². The summed E-state index contributed by atoms with van der Waals surface area (Å²) in [6, 6.07) is 9.92. The summed E-state index contributed by atoms with van der Waals surface area (Å²) in [5.41, 5.74) is 1.63. The Hall–Kier alpha value is -3.13. The Morgan fingerprint density at radius 1 is 1.24 bits per heavy atom. The van der Waals surface area contributed by atoms with Gasteiger partial charge in [0.15, 0.2) is 10.4 Å². The maximum Gasteiger partial charge on any atom is 0.281 e. The smallest absolute Gasteiger partial charge is 0.281 e. The second-order valence-electron chi connectivity index (χ2n) is 5.34. The third-order valence-corrected chi connectivity index (χ3v) is 4.49. The van der Waals surface area contributed by atoms with Crippen LogP contribution >= 0.6 is 11.3 Å². The first-order valence-corrected chi connectivity index (χ1v) is 8.34. The number of fused-ring (bicyclic) bond motifs is 1. The fraction of sp³-hybridized carbons (Fsp3) is 0.0588. The van der Waals surface area contributed by atoms with Crippen LogP contribution in [-0.2, 0) is 6.54 Å². The molecule has 0 saturated heterocycles. The van der Waals surface area contributed by atoms with Gasteiger partial charge in [-0.05, 0) is 18.2 Å². The zero-order valence-corrected chi connectivity index (χ0v) is 13.7. The molecule has 1 amide bonds. The normalized spacial score (nSPS) is 12.0. The number of carbonyl (C=O) groups is 1. The van der Waals surface area contributed by atoms with Crippen molar-refractivity contribution in [1.82, 2.24) is 19.2 Å². The molecular formula is C17H12FN5OS. The van der Waals surface area contributed by atoms with Gasteiger partial charge in [0.2, 0.25) is 0 Å². The van der Waals surface area contributed by atoms with Crippen LogP contribution in [-0.4, -0.2) is 25.1 Å². The Labute approximate surface area is 145 Å². The number of nitrogens with zero attached hydrogens (tertiary/aromatic N) is 5. The Kier molecular flexibility index (Phi) is 3.95. The van der Waals surface area contributed by atoms with Gasteiger partial charge in [-0.3, -0.25) is 9.20 Å². The third-order valence-electron chi connectivity index (χ3n) is 3.69. The highest BCUT2D eigenvalue weighted by Crippen LogP contribution is 2.09. The molecule has 124 valence electrons. The summed E-state index contributed by atoms with van der Waals surface area (Å²) in [6.45, 7) is 0.312. The van der Waals surface area contributed by atoms with Crippen LogP contribution in [0, 0.1) is 5.82 Å². The van der Waals surface area contributed by atoms with Crippen molar-refractivity contribution in [3.8, 4) is 0 Å². The molecule has 4 rings (SSSR count). The minimum atomic E-state index is -0.375. The van der Waals surface area contributed by atoms with Gasteiger partial charge in [-0.1, -0.05) is 18.2 Å². The Morgan fingerprint density at radius 3 is 3.00 bits per heavy atom. The van der Waals surface area contributed by atoms with E-state index in [0.29, 0.717) is 28.1 Å². The molecule has 0 radical (unpaired) electrons. The summed E-state index contributed by atoms with van der Waals surface area (Å²) in [5.74, 6) is -0.656. The van der Waals surface area contributed by atoms with E-state index in [2.05, 4.69) is 15.2 Å². The van der Waals surface area contributed by atoms with Crippen molar-refractivity contribution >= 4 is 22.9 Å². The highest BCUT2D eigenvalue weighted by molar-refractivity contribution is 7.07. The summed E-state index contributed by atoms with van der Waals surface area (Å²) < 4.78 is 17.2. The molecule has 3 heterocycles. The number of hydrogen-bond acceptors (Lipinski definition) is 4. The quantitative estimate of drug-likeness (QED) is 0.568. The minimum Gasteiger partial charge on any atom is -0.319 e. The van der Waals surface area contributed by atoms with Crippen molar-refractivity contribution in [3.05, 3.63) is 82.2 Å². The van der Waals surface area contributed by atoms with Gasteiger partial charge in [0.25, 0.3) is 5.91 Å². The van der Waals surface area contributed by atoms with Crippen LogP contribution in [0.25, 0.3) is 5.65 Å². The van der Waals surface area contributed by atoms with Gasteiger partial charge in [-0.15, -0.1) is 21.5 Å². The van der Waals surface area contributed by atoms with Crippen LogP contribution in [0.2, 0.25) is 0 Å². The number of rotatable bonds is 3. The SMILES string of the molecule is O=C(N=c1sccn1Cc1ccccc1F)c1ccc2nncn2c1. The van der Waals surface area contributed by atoms with E-state index in [-0.39, 0.29) is 11.7 Å². The van der Waals surface area contributed by atoms with E-state index in [1.807, 2.05) is 5.38 Å². The van der Waals surface area contributed by atoms with E-state index >= 15 is 0 Å². The third kappa shape index (κ3) is 3.11. The van der Waals surface area contributed by atoms with E-state index in [1.54, 1.807) is 51.7 Å². The van der Waals surface area contributed by atoms with Crippen molar-refractivity contribution in [2.24, 2.45) is 4.99 Å². The maximum atomic E-state index is 13.8. The summed E-state index contributed by atoms with van der Waals surface area (Å²) in [5, 5.41) is 9.49. The fourth-order valence-electron chi connectivity index (χ4n) is 2.42. The Morgan fingerprint density at radius 2 is 2.12 bits per heavy atom. The number of amides is 1. The fourth-order valence-corrected chi connectivity index (χ4v) is 3.15. The van der Waals surface area contributed by atoms with Crippen LogP contribution in [0.15, 0.2) is 65.5 Å². The zero-order valence-electron chi connectivity index (χ0n) is 12.9. The molecule has 0 spiro atoms. The summed E-state index contributed by atoms with van der Waals surface area (Å²) in [4.78, 5) is 17.1. The summed E-state index contributed by atoms with van der Waals surface area (Å²) in [6.07, 6.45) is 4.94. The van der Waals surface area contributed by atoms with Crippen LogP contribution in [0.3, 0.4) is 0 Å². The maximum absolute atomic E-state index is 13.8. The predicted octanol–water partition coefficient (Wildman–Crippen LogP) is 2.52. The molecule has 3 aromatic heterocycles. The van der Waals surface area contributed by atoms with Gasteiger partial charge in [-0.2, -0.15) is 4.99 Å². The van der Waals surface area contributed by atoms with Gasteiger partial charge < -0.3 is 4.57 Å². The number of carbonyl (C=O) groups excluding carboxylic acids is 1. The van der Waals surface area contributed by atoms with Crippen molar-refractivity contribution in [1.29, 1.82) is 0 Å². The second-order valence-corrected chi connectivity index (χ2v) is 6.21. The van der Waals surface area contributed by atoms with Crippen molar-refractivity contribution < 1.29 is 9.18 Å². The lowest BCUT2D eigenvalue weighted by molar-refractivity contribution is 0.0997. The highest BCUT2D eigenvalue weighted by atomic mass is 32.1. The molecule has 25 heavy (non-hydrogen) atoms. The monoisotopic (exact) mass is 353 g/mol. The minimum absolute atomic E-state index is 0.281. The summed E-state index contributed by atoms with van der Waals surface area (Å²) in [7, 11) is 0. The number of pyridine rings is 1. The lowest BCUT2D eigenvalue weighted by Gasteiger charge is -2.04. The molecule has 6 nitrogen and oxygen atoms in total. The first kappa shape index (κ1) is 15.4. The molecule has 1 aromatic carbocycles. The number of hydrogen-bond donors (Lipinski definition) is 0. The molecule has 0 N–H and O–H groups in total. The molecule has 0 saturated carbocycles. The number of thiazole rings is 1. The largest absolute Gasteiger partial charge is 0.319 e. The molecule has 0 aliphatic heterocycles. The van der Waals surface area contributed by atoms with E-state index in [4.69, 9.17) is 0 Å². The molecule has 0 fully saturated rings. The number of benzene rings is 1. The van der Waals surface area contributed by atoms with Crippen LogP contribution < -0.4 is 4.80 Å². The van der Waals surface area contributed by atoms with Gasteiger partial charge in [0.05, 0.1) is 12.1 Å². The van der Waals surface area contributed by atoms with Gasteiger partial charge in [-0.25, -0.2) is 4.39 Å². The van der Waals surface area contributed by atoms with Crippen molar-refractivity contribution in [2.45, 2.75) is 6.54 Å². The molecular weight excluding hydrogens is 341 g/mol. The lowest BCUT2D eigenvalue weighted by Crippen LogP contribution is -2.17. The average Bonchev–Trinajstić information content (AvgIpc) is 3.25. The second kappa shape index (κ2) is 6.40. The molecule has 0 aliphatic carbocycles. The van der Waals surface area contributed by atoms with E-state index < -0.39 is 0 Å². The molecule has 8 heteroatoms. The molecule has 0 bridgehead atoms. The standard InChI is InChI=1S/C17H12FN5OS/c18-14-4-2-1-3-12(14)9-22-7-8-25-17(22)20-16(24)13-5-6-15-21-19-11-23(15)10-13/h1-8,10-11H,9H2. The molecule has 0 unspecified atom stereocenters. The first-order valence-electron chi connectivity index (χ1n) is 7.46. The van der Waals surface area contributed by atoms with Crippen LogP contribution in [0.5, 0.6) is 0 Å². The Balaban J connectivity index is 1.66. The first-order chi connectivity index (χ1) is 12.2. The van der Waals surface area contributed by atoms with Crippen LogP contribution in [0.4, 0.5) is 4.39 Å². The molecule has 4 aromatic rings. The predicted molar refractivity (Wildman–Crippen MR) is 90.7 cm³/mol. The number of halogens is 1. The van der Waals surface area contributed by atoms with E-state index in [1.165, 1.54) is 23.7 Å². The summed E-state index contributed by atoms with van der Waals surface area (Å²) >= 11 is 1.32. The van der Waals surface area contributed by atoms with Gasteiger partial charge >= 0.3 is 0 Å². The van der Waals surface area contributed by atoms with E-state index in [0.717, 1.165) is 0 Å². The lowest BCUT2D eigenvalue weighted by atomic mass is 10.2. The number of aromatic nitrogens is 4. The topological polar surface area (TPSA) is 64.5 Å². The average molecular weight is 353 g/mol. The van der Waals surface area contributed by atoms with Crippen LogP contribution in [0.1, 0.15) is 15.9 Å². The zero-order chi connectivity index (χ0) is 17.2. The molecule has 0 aliphatic rings. The van der Waals surface area contributed by atoms with Crippen molar-refractivity contribution in [3.63, 3.8) is 0 Å². The highest BCUT2D eigenvalue weighted by Gasteiger charge is 2.08. The Bertz CT molecular complexity index is 1130.